The highest BCUT2D eigenvalue weighted by atomic mass is 14.2. The van der Waals surface area contributed by atoms with E-state index in [4.69, 9.17) is 0 Å². The van der Waals surface area contributed by atoms with Crippen molar-refractivity contribution >= 4 is 0 Å². The fraction of sp³-hybridized carbons (Fsp3) is 0.765. The Bertz CT molecular complexity index is 259. The molecule has 3 atom stereocenters. The minimum atomic E-state index is 0.694. The molecule has 1 rings (SSSR count). The highest BCUT2D eigenvalue weighted by molar-refractivity contribution is 5.12. The van der Waals surface area contributed by atoms with Gasteiger partial charge in [-0.3, -0.25) is 0 Å². The number of hydrogen-bond donors (Lipinski definition) is 0. The molecular formula is C17H30. The normalized spacial score (nSPS) is 29.6. The van der Waals surface area contributed by atoms with Crippen LogP contribution in [0.1, 0.15) is 66.2 Å². The van der Waals surface area contributed by atoms with Crippen LogP contribution in [0, 0.1) is 17.8 Å². The van der Waals surface area contributed by atoms with Crippen LogP contribution < -0.4 is 0 Å². The van der Waals surface area contributed by atoms with Crippen molar-refractivity contribution < 1.29 is 0 Å². The van der Waals surface area contributed by atoms with Crippen LogP contribution in [0.15, 0.2) is 23.8 Å². The van der Waals surface area contributed by atoms with Gasteiger partial charge >= 0.3 is 0 Å². The quantitative estimate of drug-likeness (QED) is 0.531. The lowest BCUT2D eigenvalue weighted by Crippen LogP contribution is -2.13. The predicted octanol–water partition coefficient (Wildman–Crippen LogP) is 5.75. The molecule has 0 aliphatic heterocycles. The average molecular weight is 234 g/mol. The number of allylic oxidation sites excluding steroid dienone is 4. The fourth-order valence-corrected chi connectivity index (χ4v) is 2.92. The lowest BCUT2D eigenvalue weighted by molar-refractivity contribution is 0.379. The van der Waals surface area contributed by atoms with E-state index in [1.54, 1.807) is 5.57 Å². The molecule has 17 heavy (non-hydrogen) atoms. The van der Waals surface area contributed by atoms with Crippen LogP contribution in [-0.4, -0.2) is 0 Å². The molecule has 0 radical (unpaired) electrons. The maximum absolute atomic E-state index is 2.51. The third kappa shape index (κ3) is 5.10. The van der Waals surface area contributed by atoms with Gasteiger partial charge in [-0.15, -0.1) is 0 Å². The first-order valence-corrected chi connectivity index (χ1v) is 7.53. The molecule has 0 nitrogen and oxygen atoms in total. The first-order chi connectivity index (χ1) is 8.17. The van der Waals surface area contributed by atoms with E-state index in [1.807, 2.05) is 0 Å². The summed E-state index contributed by atoms with van der Waals surface area (Å²) in [7, 11) is 0. The van der Waals surface area contributed by atoms with Crippen LogP contribution in [0.4, 0.5) is 0 Å². The van der Waals surface area contributed by atoms with Gasteiger partial charge in [0.1, 0.15) is 0 Å². The summed E-state index contributed by atoms with van der Waals surface area (Å²) >= 11 is 0. The Morgan fingerprint density at radius 2 is 1.88 bits per heavy atom. The van der Waals surface area contributed by atoms with Crippen LogP contribution in [-0.2, 0) is 0 Å². The predicted molar refractivity (Wildman–Crippen MR) is 78.1 cm³/mol. The summed E-state index contributed by atoms with van der Waals surface area (Å²) in [6.45, 7) is 9.31. The lowest BCUT2D eigenvalue weighted by atomic mass is 9.81. The molecule has 0 heteroatoms. The maximum Gasteiger partial charge on any atom is -0.00508 e. The molecule has 0 N–H and O–H groups in total. The van der Waals surface area contributed by atoms with E-state index >= 15 is 0 Å². The Morgan fingerprint density at radius 3 is 2.53 bits per heavy atom. The Morgan fingerprint density at radius 1 is 1.12 bits per heavy atom. The summed E-state index contributed by atoms with van der Waals surface area (Å²) < 4.78 is 0. The number of rotatable bonds is 5. The molecule has 0 fully saturated rings. The standard InChI is InChI=1S/C17H30/c1-5-7-9-16-11-10-15(4)17(8-6-2)13-14(3)12-16/h10-12,15-17H,5-9,13H2,1-4H3. The van der Waals surface area contributed by atoms with E-state index in [9.17, 15) is 0 Å². The summed E-state index contributed by atoms with van der Waals surface area (Å²) in [4.78, 5) is 0. The van der Waals surface area contributed by atoms with E-state index in [2.05, 4.69) is 45.9 Å². The SMILES string of the molecule is CCCCC1C=CC(C)C(CCC)CC(C)=C1. The topological polar surface area (TPSA) is 0 Å². The molecule has 0 aromatic heterocycles. The van der Waals surface area contributed by atoms with Crippen molar-refractivity contribution in [1.82, 2.24) is 0 Å². The summed E-state index contributed by atoms with van der Waals surface area (Å²) in [5, 5.41) is 0. The second kappa shape index (κ2) is 7.74. The zero-order chi connectivity index (χ0) is 12.7. The van der Waals surface area contributed by atoms with Gasteiger partial charge in [0.2, 0.25) is 0 Å². The molecule has 0 aromatic carbocycles. The van der Waals surface area contributed by atoms with Gasteiger partial charge in [-0.1, -0.05) is 63.8 Å². The van der Waals surface area contributed by atoms with E-state index in [1.165, 1.54) is 38.5 Å². The van der Waals surface area contributed by atoms with E-state index in [0.717, 1.165) is 11.8 Å². The molecule has 0 aromatic rings. The smallest absolute Gasteiger partial charge is 0.00508 e. The second-order valence-electron chi connectivity index (χ2n) is 5.82. The summed E-state index contributed by atoms with van der Waals surface area (Å²) in [5.41, 5.74) is 1.61. The van der Waals surface area contributed by atoms with Gasteiger partial charge in [0.15, 0.2) is 0 Å². The van der Waals surface area contributed by atoms with Gasteiger partial charge in [0, 0.05) is 0 Å². The third-order valence-corrected chi connectivity index (χ3v) is 4.04. The lowest BCUT2D eigenvalue weighted by Gasteiger charge is -2.25. The largest absolute Gasteiger partial charge is 0.0848 e. The van der Waals surface area contributed by atoms with Crippen molar-refractivity contribution in [1.29, 1.82) is 0 Å². The first-order valence-electron chi connectivity index (χ1n) is 7.53. The molecule has 0 amide bonds. The van der Waals surface area contributed by atoms with E-state index < -0.39 is 0 Å². The van der Waals surface area contributed by atoms with Crippen molar-refractivity contribution in [3.63, 3.8) is 0 Å². The van der Waals surface area contributed by atoms with E-state index in [-0.39, 0.29) is 0 Å². The summed E-state index contributed by atoms with van der Waals surface area (Å²) in [6.07, 6.45) is 15.4. The van der Waals surface area contributed by atoms with Crippen LogP contribution >= 0.6 is 0 Å². The molecule has 0 heterocycles. The third-order valence-electron chi connectivity index (χ3n) is 4.04. The molecule has 0 saturated heterocycles. The zero-order valence-corrected chi connectivity index (χ0v) is 12.2. The summed E-state index contributed by atoms with van der Waals surface area (Å²) in [5.74, 6) is 2.31. The number of hydrogen-bond acceptors (Lipinski definition) is 0. The van der Waals surface area contributed by atoms with Gasteiger partial charge in [0.05, 0.1) is 0 Å². The van der Waals surface area contributed by atoms with Crippen molar-refractivity contribution in [2.75, 3.05) is 0 Å². The molecular weight excluding hydrogens is 204 g/mol. The molecule has 1 aliphatic rings. The second-order valence-corrected chi connectivity index (χ2v) is 5.82. The van der Waals surface area contributed by atoms with Gasteiger partial charge in [-0.2, -0.15) is 0 Å². The highest BCUT2D eigenvalue weighted by Gasteiger charge is 2.17. The molecule has 3 unspecified atom stereocenters. The molecule has 0 saturated carbocycles. The van der Waals surface area contributed by atoms with Crippen molar-refractivity contribution in [2.45, 2.75) is 66.2 Å². The Labute approximate surface area is 108 Å². The Balaban J connectivity index is 2.66. The Kier molecular flexibility index (Phi) is 6.62. The average Bonchev–Trinajstić information content (AvgIpc) is 2.30. The molecule has 0 spiro atoms. The molecule has 1 aliphatic carbocycles. The minimum absolute atomic E-state index is 0.694. The van der Waals surface area contributed by atoms with Crippen LogP contribution in [0.25, 0.3) is 0 Å². The molecule has 0 bridgehead atoms. The van der Waals surface area contributed by atoms with Crippen molar-refractivity contribution in [3.05, 3.63) is 23.8 Å². The van der Waals surface area contributed by atoms with Crippen LogP contribution in [0.2, 0.25) is 0 Å². The van der Waals surface area contributed by atoms with Gasteiger partial charge in [-0.05, 0) is 43.9 Å². The monoisotopic (exact) mass is 234 g/mol. The summed E-state index contributed by atoms with van der Waals surface area (Å²) in [6, 6.07) is 0. The minimum Gasteiger partial charge on any atom is -0.0848 e. The fourth-order valence-electron chi connectivity index (χ4n) is 2.92. The van der Waals surface area contributed by atoms with Crippen LogP contribution in [0.5, 0.6) is 0 Å². The van der Waals surface area contributed by atoms with E-state index in [0.29, 0.717) is 5.92 Å². The number of unbranched alkanes of at least 4 members (excludes halogenated alkanes) is 1. The van der Waals surface area contributed by atoms with Gasteiger partial charge in [0.25, 0.3) is 0 Å². The van der Waals surface area contributed by atoms with Crippen molar-refractivity contribution in [3.8, 4) is 0 Å². The first kappa shape index (κ1) is 14.5. The van der Waals surface area contributed by atoms with Gasteiger partial charge < -0.3 is 0 Å². The molecule has 98 valence electrons. The van der Waals surface area contributed by atoms with Gasteiger partial charge in [-0.25, -0.2) is 0 Å². The maximum atomic E-state index is 2.51. The van der Waals surface area contributed by atoms with Crippen molar-refractivity contribution in [2.24, 2.45) is 17.8 Å². The van der Waals surface area contributed by atoms with Crippen LogP contribution in [0.3, 0.4) is 0 Å². The zero-order valence-electron chi connectivity index (χ0n) is 12.2. The Hall–Kier alpha value is -0.520. The highest BCUT2D eigenvalue weighted by Crippen LogP contribution is 2.30.